The summed E-state index contributed by atoms with van der Waals surface area (Å²) >= 11 is 5.80. The van der Waals surface area contributed by atoms with Crippen molar-refractivity contribution in [3.05, 3.63) is 59.4 Å². The van der Waals surface area contributed by atoms with E-state index < -0.39 is 0 Å². The fourth-order valence-electron chi connectivity index (χ4n) is 2.00. The minimum atomic E-state index is -0.297. The quantitative estimate of drug-likeness (QED) is 0.712. The number of halogens is 1. The molecule has 0 fully saturated rings. The van der Waals surface area contributed by atoms with Crippen LogP contribution in [-0.4, -0.2) is 15.9 Å². The van der Waals surface area contributed by atoms with Gasteiger partial charge in [0, 0.05) is 22.8 Å². The molecule has 0 saturated carbocycles. The van der Waals surface area contributed by atoms with Crippen LogP contribution in [0.5, 0.6) is 0 Å². The van der Waals surface area contributed by atoms with Crippen LogP contribution >= 0.6 is 11.6 Å². The number of hydrogen-bond donors (Lipinski definition) is 2. The van der Waals surface area contributed by atoms with E-state index in [2.05, 4.69) is 15.3 Å². The van der Waals surface area contributed by atoms with E-state index in [4.69, 9.17) is 17.3 Å². The van der Waals surface area contributed by atoms with Gasteiger partial charge in [0.1, 0.15) is 11.0 Å². The van der Waals surface area contributed by atoms with Gasteiger partial charge < -0.3 is 11.1 Å². The Morgan fingerprint density at radius 3 is 2.86 bits per heavy atom. The van der Waals surface area contributed by atoms with Crippen LogP contribution in [-0.2, 0) is 0 Å². The molecular weight excluding hydrogens is 288 g/mol. The second-order valence-electron chi connectivity index (χ2n) is 4.47. The Kier molecular flexibility index (Phi) is 3.41. The third-order valence-electron chi connectivity index (χ3n) is 2.94. The number of pyridine rings is 2. The molecule has 0 bridgehead atoms. The Hall–Kier alpha value is -2.66. The summed E-state index contributed by atoms with van der Waals surface area (Å²) in [5.41, 5.74) is 7.48. The Balaban J connectivity index is 1.88. The van der Waals surface area contributed by atoms with Gasteiger partial charge in [0.2, 0.25) is 0 Å². The van der Waals surface area contributed by atoms with Crippen LogP contribution in [0.3, 0.4) is 0 Å². The van der Waals surface area contributed by atoms with Crippen LogP contribution in [0.1, 0.15) is 10.4 Å². The number of anilines is 2. The summed E-state index contributed by atoms with van der Waals surface area (Å²) in [6.07, 6.45) is 1.72. The Labute approximate surface area is 125 Å². The standard InChI is InChI=1S/C15H11ClN4O/c16-13-7-10(8-14(17)20-13)15(21)19-11-3-4-12-9(6-11)2-1-5-18-12/h1-8H,(H2,17,20)(H,19,21). The molecule has 0 atom stereocenters. The molecule has 0 radical (unpaired) electrons. The number of aromatic nitrogens is 2. The molecular formula is C15H11ClN4O. The molecule has 6 heteroatoms. The summed E-state index contributed by atoms with van der Waals surface area (Å²) in [4.78, 5) is 20.2. The predicted octanol–water partition coefficient (Wildman–Crippen LogP) is 3.12. The van der Waals surface area contributed by atoms with Crippen molar-refractivity contribution >= 4 is 39.9 Å². The zero-order valence-electron chi connectivity index (χ0n) is 10.9. The average molecular weight is 299 g/mol. The highest BCUT2D eigenvalue weighted by atomic mass is 35.5. The average Bonchev–Trinajstić information content (AvgIpc) is 2.46. The van der Waals surface area contributed by atoms with Crippen molar-refractivity contribution in [2.24, 2.45) is 0 Å². The van der Waals surface area contributed by atoms with E-state index in [1.165, 1.54) is 12.1 Å². The number of nitrogen functional groups attached to an aromatic ring is 1. The van der Waals surface area contributed by atoms with Crippen LogP contribution in [0.25, 0.3) is 10.9 Å². The molecule has 0 unspecified atom stereocenters. The maximum Gasteiger partial charge on any atom is 0.255 e. The van der Waals surface area contributed by atoms with Gasteiger partial charge in [0.05, 0.1) is 5.52 Å². The van der Waals surface area contributed by atoms with Crippen molar-refractivity contribution in [1.82, 2.24) is 9.97 Å². The fraction of sp³-hybridized carbons (Fsp3) is 0. The number of fused-ring (bicyclic) bond motifs is 1. The molecule has 3 N–H and O–H groups in total. The van der Waals surface area contributed by atoms with Crippen LogP contribution < -0.4 is 11.1 Å². The van der Waals surface area contributed by atoms with Gasteiger partial charge >= 0.3 is 0 Å². The molecule has 21 heavy (non-hydrogen) atoms. The smallest absolute Gasteiger partial charge is 0.255 e. The molecule has 104 valence electrons. The number of amides is 1. The highest BCUT2D eigenvalue weighted by Crippen LogP contribution is 2.19. The Morgan fingerprint density at radius 1 is 1.19 bits per heavy atom. The van der Waals surface area contributed by atoms with Crippen LogP contribution in [0, 0.1) is 0 Å². The van der Waals surface area contributed by atoms with Crippen molar-refractivity contribution in [3.63, 3.8) is 0 Å². The van der Waals surface area contributed by atoms with E-state index in [9.17, 15) is 4.79 Å². The molecule has 0 aliphatic carbocycles. The lowest BCUT2D eigenvalue weighted by atomic mass is 10.2. The monoisotopic (exact) mass is 298 g/mol. The lowest BCUT2D eigenvalue weighted by molar-refractivity contribution is 0.102. The van der Waals surface area contributed by atoms with Gasteiger partial charge in [-0.3, -0.25) is 9.78 Å². The summed E-state index contributed by atoms with van der Waals surface area (Å²) in [5, 5.41) is 3.93. The number of rotatable bonds is 2. The molecule has 0 aliphatic rings. The second kappa shape index (κ2) is 5.38. The zero-order chi connectivity index (χ0) is 14.8. The number of carbonyl (C=O) groups excluding carboxylic acids is 1. The largest absolute Gasteiger partial charge is 0.384 e. The normalized spacial score (nSPS) is 10.5. The van der Waals surface area contributed by atoms with Gasteiger partial charge in [-0.25, -0.2) is 4.98 Å². The van der Waals surface area contributed by atoms with Crippen LogP contribution in [0.4, 0.5) is 11.5 Å². The van der Waals surface area contributed by atoms with E-state index in [0.29, 0.717) is 11.3 Å². The second-order valence-corrected chi connectivity index (χ2v) is 4.86. The van der Waals surface area contributed by atoms with Gasteiger partial charge in [-0.15, -0.1) is 0 Å². The highest BCUT2D eigenvalue weighted by Gasteiger charge is 2.09. The first kappa shape index (κ1) is 13.3. The minimum Gasteiger partial charge on any atom is -0.384 e. The number of carbonyl (C=O) groups is 1. The maximum atomic E-state index is 12.2. The van der Waals surface area contributed by atoms with E-state index in [0.717, 1.165) is 10.9 Å². The topological polar surface area (TPSA) is 80.9 Å². The first-order chi connectivity index (χ1) is 10.1. The summed E-state index contributed by atoms with van der Waals surface area (Å²) < 4.78 is 0. The van der Waals surface area contributed by atoms with Crippen LogP contribution in [0.2, 0.25) is 5.15 Å². The molecule has 0 aliphatic heterocycles. The summed E-state index contributed by atoms with van der Waals surface area (Å²) in [6.45, 7) is 0. The lowest BCUT2D eigenvalue weighted by Gasteiger charge is -2.07. The molecule has 2 aromatic heterocycles. The van der Waals surface area contributed by atoms with Gasteiger partial charge in [0.25, 0.3) is 5.91 Å². The van der Waals surface area contributed by atoms with Gasteiger partial charge in [-0.2, -0.15) is 0 Å². The number of nitrogens with two attached hydrogens (primary N) is 1. The molecule has 1 amide bonds. The van der Waals surface area contributed by atoms with Crippen molar-refractivity contribution in [3.8, 4) is 0 Å². The van der Waals surface area contributed by atoms with Crippen molar-refractivity contribution in [1.29, 1.82) is 0 Å². The third-order valence-corrected chi connectivity index (χ3v) is 3.13. The first-order valence-electron chi connectivity index (χ1n) is 6.21. The molecule has 3 rings (SSSR count). The fourth-order valence-corrected chi connectivity index (χ4v) is 2.22. The molecule has 0 spiro atoms. The zero-order valence-corrected chi connectivity index (χ0v) is 11.6. The molecule has 5 nitrogen and oxygen atoms in total. The summed E-state index contributed by atoms with van der Waals surface area (Å²) in [5.74, 6) is -0.0930. The lowest BCUT2D eigenvalue weighted by Crippen LogP contribution is -2.12. The van der Waals surface area contributed by atoms with Crippen LogP contribution in [0.15, 0.2) is 48.7 Å². The highest BCUT2D eigenvalue weighted by molar-refractivity contribution is 6.30. The summed E-state index contributed by atoms with van der Waals surface area (Å²) in [6, 6.07) is 12.2. The van der Waals surface area contributed by atoms with Gasteiger partial charge in [0.15, 0.2) is 0 Å². The van der Waals surface area contributed by atoms with Crippen molar-refractivity contribution in [2.75, 3.05) is 11.1 Å². The predicted molar refractivity (Wildman–Crippen MR) is 83.4 cm³/mol. The van der Waals surface area contributed by atoms with Gasteiger partial charge in [-0.05, 0) is 36.4 Å². The Bertz CT molecular complexity index is 815. The van der Waals surface area contributed by atoms with E-state index >= 15 is 0 Å². The van der Waals surface area contributed by atoms with Gasteiger partial charge in [-0.1, -0.05) is 17.7 Å². The number of benzene rings is 1. The summed E-state index contributed by atoms with van der Waals surface area (Å²) in [7, 11) is 0. The number of nitrogens with zero attached hydrogens (tertiary/aromatic N) is 2. The first-order valence-corrected chi connectivity index (χ1v) is 6.59. The van der Waals surface area contributed by atoms with E-state index in [1.54, 1.807) is 12.3 Å². The SMILES string of the molecule is Nc1cc(C(=O)Nc2ccc3ncccc3c2)cc(Cl)n1. The van der Waals surface area contributed by atoms with E-state index in [-0.39, 0.29) is 16.9 Å². The number of nitrogens with one attached hydrogen (secondary N) is 1. The molecule has 1 aromatic carbocycles. The van der Waals surface area contributed by atoms with Crippen molar-refractivity contribution in [2.45, 2.75) is 0 Å². The minimum absolute atomic E-state index is 0.183. The van der Waals surface area contributed by atoms with Crippen molar-refractivity contribution < 1.29 is 4.79 Å². The molecule has 3 aromatic rings. The van der Waals surface area contributed by atoms with E-state index in [1.807, 2.05) is 24.3 Å². The molecule has 2 heterocycles. The Morgan fingerprint density at radius 2 is 2.05 bits per heavy atom. The third kappa shape index (κ3) is 2.93. The molecule has 0 saturated heterocycles. The maximum absolute atomic E-state index is 12.2. The number of hydrogen-bond acceptors (Lipinski definition) is 4.